The summed E-state index contributed by atoms with van der Waals surface area (Å²) < 4.78 is 25.5. The molecule has 17 heavy (non-hydrogen) atoms. The fourth-order valence-electron chi connectivity index (χ4n) is 2.28. The van der Waals surface area contributed by atoms with Gasteiger partial charge in [0.2, 0.25) is 10.0 Å². The third-order valence-electron chi connectivity index (χ3n) is 3.20. The fourth-order valence-corrected chi connectivity index (χ4v) is 3.84. The molecule has 102 valence electrons. The zero-order valence-electron chi connectivity index (χ0n) is 10.9. The fraction of sp³-hybridized carbons (Fsp3) is 1.00. The van der Waals surface area contributed by atoms with Crippen molar-refractivity contribution in [1.82, 2.24) is 9.21 Å². The van der Waals surface area contributed by atoms with E-state index in [1.807, 2.05) is 0 Å². The highest BCUT2D eigenvalue weighted by molar-refractivity contribution is 7.89. The van der Waals surface area contributed by atoms with Crippen molar-refractivity contribution < 1.29 is 8.42 Å². The predicted molar refractivity (Wildman–Crippen MR) is 70.3 cm³/mol. The van der Waals surface area contributed by atoms with E-state index < -0.39 is 10.0 Å². The zero-order chi connectivity index (χ0) is 12.9. The van der Waals surface area contributed by atoms with Crippen molar-refractivity contribution in [2.24, 2.45) is 11.7 Å². The molecule has 0 aromatic carbocycles. The molecule has 0 aromatic heterocycles. The topological polar surface area (TPSA) is 66.6 Å². The van der Waals surface area contributed by atoms with Gasteiger partial charge < -0.3 is 10.6 Å². The van der Waals surface area contributed by atoms with Gasteiger partial charge in [0.05, 0.1) is 5.75 Å². The average molecular weight is 263 g/mol. The number of hydrogen-bond acceptors (Lipinski definition) is 4. The van der Waals surface area contributed by atoms with E-state index in [1.165, 1.54) is 0 Å². The van der Waals surface area contributed by atoms with Crippen LogP contribution in [0.5, 0.6) is 0 Å². The van der Waals surface area contributed by atoms with Crippen molar-refractivity contribution in [3.05, 3.63) is 0 Å². The Kier molecular flexibility index (Phi) is 5.85. The van der Waals surface area contributed by atoms with Crippen LogP contribution in [0.1, 0.15) is 19.3 Å². The number of hydrogen-bond donors (Lipinski definition) is 1. The molecule has 0 bridgehead atoms. The summed E-state index contributed by atoms with van der Waals surface area (Å²) in [4.78, 5) is 2.17. The van der Waals surface area contributed by atoms with Crippen LogP contribution in [0.3, 0.4) is 0 Å². The molecule has 0 unspecified atom stereocenters. The monoisotopic (exact) mass is 263 g/mol. The van der Waals surface area contributed by atoms with Gasteiger partial charge in [0.1, 0.15) is 0 Å². The van der Waals surface area contributed by atoms with E-state index in [-0.39, 0.29) is 5.75 Å². The van der Waals surface area contributed by atoms with Gasteiger partial charge in [-0.1, -0.05) is 0 Å². The Bertz CT molecular complexity index is 309. The van der Waals surface area contributed by atoms with Crippen molar-refractivity contribution in [2.45, 2.75) is 19.3 Å². The lowest BCUT2D eigenvalue weighted by Crippen LogP contribution is -2.41. The Morgan fingerprint density at radius 1 is 1.29 bits per heavy atom. The Labute approximate surface area is 105 Å². The van der Waals surface area contributed by atoms with Gasteiger partial charge in [-0.2, -0.15) is 0 Å². The van der Waals surface area contributed by atoms with Gasteiger partial charge in [-0.3, -0.25) is 0 Å². The molecule has 0 aromatic rings. The summed E-state index contributed by atoms with van der Waals surface area (Å²) in [7, 11) is 1.06. The van der Waals surface area contributed by atoms with Crippen LogP contribution in [0.25, 0.3) is 0 Å². The highest BCUT2D eigenvalue weighted by Crippen LogP contribution is 2.20. The predicted octanol–water partition coefficient (Wildman–Crippen LogP) is -0.0614. The highest BCUT2D eigenvalue weighted by Gasteiger charge is 2.27. The quantitative estimate of drug-likeness (QED) is 0.729. The van der Waals surface area contributed by atoms with Crippen LogP contribution in [0.15, 0.2) is 0 Å². The molecular formula is C11H25N3O2S. The number of rotatable bonds is 6. The second kappa shape index (κ2) is 6.68. The van der Waals surface area contributed by atoms with Gasteiger partial charge in [0, 0.05) is 19.6 Å². The lowest BCUT2D eigenvalue weighted by molar-refractivity contribution is 0.225. The third kappa shape index (κ3) is 4.91. The molecule has 0 spiro atoms. The summed E-state index contributed by atoms with van der Waals surface area (Å²) in [5.41, 5.74) is 5.35. The molecule has 0 radical (unpaired) electrons. The average Bonchev–Trinajstić information content (AvgIpc) is 2.26. The highest BCUT2D eigenvalue weighted by atomic mass is 32.2. The molecular weight excluding hydrogens is 238 g/mol. The largest absolute Gasteiger partial charge is 0.330 e. The summed E-state index contributed by atoms with van der Waals surface area (Å²) in [5, 5.41) is 0. The molecule has 5 nitrogen and oxygen atoms in total. The van der Waals surface area contributed by atoms with Crippen LogP contribution in [-0.2, 0) is 10.0 Å². The number of piperidine rings is 1. The lowest BCUT2D eigenvalue weighted by atomic mass is 9.98. The van der Waals surface area contributed by atoms with Crippen LogP contribution in [0.2, 0.25) is 0 Å². The molecule has 1 rings (SSSR count). The Hall–Kier alpha value is -0.170. The lowest BCUT2D eigenvalue weighted by Gasteiger charge is -2.32. The molecule has 1 aliphatic heterocycles. The first-order valence-corrected chi connectivity index (χ1v) is 7.89. The van der Waals surface area contributed by atoms with Crippen molar-refractivity contribution in [1.29, 1.82) is 0 Å². The van der Waals surface area contributed by atoms with Gasteiger partial charge in [0.25, 0.3) is 0 Å². The van der Waals surface area contributed by atoms with Crippen LogP contribution < -0.4 is 5.73 Å². The first-order chi connectivity index (χ1) is 7.95. The molecule has 1 aliphatic rings. The number of sulfonamides is 1. The number of nitrogens with zero attached hydrogens (tertiary/aromatic N) is 2. The third-order valence-corrected chi connectivity index (χ3v) is 5.15. The van der Waals surface area contributed by atoms with Crippen LogP contribution >= 0.6 is 0 Å². The van der Waals surface area contributed by atoms with Gasteiger partial charge >= 0.3 is 0 Å². The second-order valence-electron chi connectivity index (χ2n) is 5.06. The normalized spacial score (nSPS) is 20.0. The van der Waals surface area contributed by atoms with Crippen molar-refractivity contribution in [3.8, 4) is 0 Å². The second-order valence-corrected chi connectivity index (χ2v) is 7.15. The molecule has 0 aliphatic carbocycles. The van der Waals surface area contributed by atoms with Gasteiger partial charge in [-0.25, -0.2) is 12.7 Å². The van der Waals surface area contributed by atoms with E-state index in [9.17, 15) is 8.42 Å². The maximum absolute atomic E-state index is 11.9. The minimum atomic E-state index is -3.06. The smallest absolute Gasteiger partial charge is 0.214 e. The Morgan fingerprint density at radius 2 is 1.88 bits per heavy atom. The van der Waals surface area contributed by atoms with E-state index >= 15 is 0 Å². The van der Waals surface area contributed by atoms with E-state index in [4.69, 9.17) is 5.73 Å². The first kappa shape index (κ1) is 14.9. The van der Waals surface area contributed by atoms with Crippen molar-refractivity contribution in [2.75, 3.05) is 46.0 Å². The molecule has 2 N–H and O–H groups in total. The van der Waals surface area contributed by atoms with E-state index in [0.29, 0.717) is 32.0 Å². The van der Waals surface area contributed by atoms with Crippen molar-refractivity contribution in [3.63, 3.8) is 0 Å². The minimum absolute atomic E-state index is 0.196. The summed E-state index contributed by atoms with van der Waals surface area (Å²) in [6.45, 7) is 2.84. The van der Waals surface area contributed by atoms with Crippen molar-refractivity contribution >= 4 is 10.0 Å². The maximum Gasteiger partial charge on any atom is 0.214 e. The maximum atomic E-state index is 11.9. The Balaban J connectivity index is 2.40. The van der Waals surface area contributed by atoms with Crippen LogP contribution in [-0.4, -0.2) is 63.7 Å². The standard InChI is InChI=1S/C11H25N3O2S/c1-13(2)10-11-4-7-14(8-5-11)17(15,16)9-3-6-12/h11H,3-10,12H2,1-2H3. The first-order valence-electron chi connectivity index (χ1n) is 6.28. The molecule has 1 saturated heterocycles. The number of nitrogens with two attached hydrogens (primary N) is 1. The minimum Gasteiger partial charge on any atom is -0.330 e. The Morgan fingerprint density at radius 3 is 2.35 bits per heavy atom. The summed E-state index contributed by atoms with van der Waals surface area (Å²) in [6.07, 6.45) is 2.50. The zero-order valence-corrected chi connectivity index (χ0v) is 11.7. The van der Waals surface area contributed by atoms with E-state index in [2.05, 4.69) is 19.0 Å². The molecule has 1 heterocycles. The van der Waals surface area contributed by atoms with Gasteiger partial charge in [0.15, 0.2) is 0 Å². The van der Waals surface area contributed by atoms with Crippen LogP contribution in [0, 0.1) is 5.92 Å². The molecule has 1 fully saturated rings. The molecule has 0 atom stereocenters. The van der Waals surface area contributed by atoms with Gasteiger partial charge in [-0.15, -0.1) is 0 Å². The SMILES string of the molecule is CN(C)CC1CCN(S(=O)(=O)CCCN)CC1. The van der Waals surface area contributed by atoms with E-state index in [1.54, 1.807) is 4.31 Å². The summed E-state index contributed by atoms with van der Waals surface area (Å²) in [6, 6.07) is 0. The molecule has 0 amide bonds. The summed E-state index contributed by atoms with van der Waals surface area (Å²) >= 11 is 0. The molecule has 0 saturated carbocycles. The summed E-state index contributed by atoms with van der Waals surface area (Å²) in [5.74, 6) is 0.827. The molecule has 6 heteroatoms. The van der Waals surface area contributed by atoms with E-state index in [0.717, 1.165) is 19.4 Å². The van der Waals surface area contributed by atoms with Crippen LogP contribution in [0.4, 0.5) is 0 Å². The van der Waals surface area contributed by atoms with Gasteiger partial charge in [-0.05, 0) is 45.8 Å².